The van der Waals surface area contributed by atoms with Crippen molar-refractivity contribution in [2.45, 2.75) is 18.7 Å². The van der Waals surface area contributed by atoms with Crippen molar-refractivity contribution in [2.24, 2.45) is 7.05 Å². The van der Waals surface area contributed by atoms with Crippen molar-refractivity contribution < 1.29 is 17.5 Å². The lowest BCUT2D eigenvalue weighted by Gasteiger charge is -2.12. The minimum absolute atomic E-state index is 0.00314. The smallest absolute Gasteiger partial charge is 0.262 e. The highest BCUT2D eigenvalue weighted by molar-refractivity contribution is 7.92. The molecule has 0 aliphatic rings. The Balaban J connectivity index is 2.45. The zero-order valence-electron chi connectivity index (χ0n) is 12.1. The number of aryl methyl sites for hydroxylation is 1. The third kappa shape index (κ3) is 2.71. The topological polar surface area (TPSA) is 73.2 Å². The number of halogens is 1. The van der Waals surface area contributed by atoms with Crippen molar-refractivity contribution in [3.8, 4) is 5.75 Å². The fourth-order valence-electron chi connectivity index (χ4n) is 1.89. The van der Waals surface area contributed by atoms with Crippen LogP contribution in [0.1, 0.15) is 11.3 Å². The van der Waals surface area contributed by atoms with Gasteiger partial charge in [-0.1, -0.05) is 0 Å². The summed E-state index contributed by atoms with van der Waals surface area (Å²) in [6.07, 6.45) is 1.40. The molecule has 6 nitrogen and oxygen atoms in total. The Morgan fingerprint density at radius 3 is 2.52 bits per heavy atom. The highest BCUT2D eigenvalue weighted by atomic mass is 32.2. The maximum absolute atomic E-state index is 14.0. The number of anilines is 1. The lowest BCUT2D eigenvalue weighted by Crippen LogP contribution is -2.15. The summed E-state index contributed by atoms with van der Waals surface area (Å²) >= 11 is 0. The van der Waals surface area contributed by atoms with Crippen LogP contribution in [0.4, 0.5) is 10.1 Å². The summed E-state index contributed by atoms with van der Waals surface area (Å²) in [5, 5.41) is 3.96. The SMILES string of the molecule is COc1ccc(S(=O)(=O)Nc2cnn(C)c2C)c(C)c1F. The van der Waals surface area contributed by atoms with E-state index in [-0.39, 0.29) is 16.2 Å². The van der Waals surface area contributed by atoms with Crippen LogP contribution in [0.25, 0.3) is 0 Å². The van der Waals surface area contributed by atoms with Gasteiger partial charge in [-0.25, -0.2) is 12.8 Å². The summed E-state index contributed by atoms with van der Waals surface area (Å²) in [7, 11) is -0.877. The summed E-state index contributed by atoms with van der Waals surface area (Å²) in [5.74, 6) is -0.688. The van der Waals surface area contributed by atoms with Crippen LogP contribution >= 0.6 is 0 Å². The number of hydrogen-bond acceptors (Lipinski definition) is 4. The van der Waals surface area contributed by atoms with Crippen LogP contribution in [-0.4, -0.2) is 25.3 Å². The average molecular weight is 313 g/mol. The Labute approximate surface area is 122 Å². The van der Waals surface area contributed by atoms with Gasteiger partial charge in [0.25, 0.3) is 10.0 Å². The first-order valence-electron chi connectivity index (χ1n) is 6.12. The molecule has 2 aromatic rings. The minimum Gasteiger partial charge on any atom is -0.494 e. The summed E-state index contributed by atoms with van der Waals surface area (Å²) in [4.78, 5) is -0.135. The number of aromatic nitrogens is 2. The lowest BCUT2D eigenvalue weighted by molar-refractivity contribution is 0.384. The molecule has 0 spiro atoms. The molecule has 21 heavy (non-hydrogen) atoms. The van der Waals surface area contributed by atoms with Crippen LogP contribution < -0.4 is 9.46 Å². The summed E-state index contributed by atoms with van der Waals surface area (Å²) < 4.78 is 47.5. The van der Waals surface area contributed by atoms with Gasteiger partial charge < -0.3 is 4.74 Å². The Morgan fingerprint density at radius 2 is 2.00 bits per heavy atom. The first-order valence-corrected chi connectivity index (χ1v) is 7.60. The Kier molecular flexibility index (Phi) is 3.91. The van der Waals surface area contributed by atoms with Crippen LogP contribution in [0, 0.1) is 19.7 Å². The predicted molar refractivity (Wildman–Crippen MR) is 76.4 cm³/mol. The normalized spacial score (nSPS) is 11.5. The van der Waals surface area contributed by atoms with E-state index in [9.17, 15) is 12.8 Å². The molecular formula is C13H16FN3O3S. The maximum atomic E-state index is 14.0. The average Bonchev–Trinajstić information content (AvgIpc) is 2.73. The molecule has 1 heterocycles. The molecule has 1 N–H and O–H groups in total. The minimum atomic E-state index is -3.90. The van der Waals surface area contributed by atoms with Gasteiger partial charge in [0, 0.05) is 12.6 Å². The largest absolute Gasteiger partial charge is 0.494 e. The fourth-order valence-corrected chi connectivity index (χ4v) is 3.23. The van der Waals surface area contributed by atoms with E-state index in [1.165, 1.54) is 32.4 Å². The molecule has 0 bridgehead atoms. The van der Waals surface area contributed by atoms with E-state index < -0.39 is 15.8 Å². The second-order valence-corrected chi connectivity index (χ2v) is 6.23. The van der Waals surface area contributed by atoms with Crippen LogP contribution in [0.3, 0.4) is 0 Å². The van der Waals surface area contributed by atoms with E-state index in [1.54, 1.807) is 18.7 Å². The van der Waals surface area contributed by atoms with Crippen molar-refractivity contribution in [1.82, 2.24) is 9.78 Å². The Hall–Kier alpha value is -2.09. The molecular weight excluding hydrogens is 297 g/mol. The van der Waals surface area contributed by atoms with Gasteiger partial charge in [0.15, 0.2) is 11.6 Å². The quantitative estimate of drug-likeness (QED) is 0.937. The zero-order chi connectivity index (χ0) is 15.8. The van der Waals surface area contributed by atoms with Crippen molar-refractivity contribution >= 4 is 15.7 Å². The number of hydrogen-bond donors (Lipinski definition) is 1. The van der Waals surface area contributed by atoms with E-state index in [1.807, 2.05) is 0 Å². The van der Waals surface area contributed by atoms with Gasteiger partial charge in [-0.05, 0) is 26.0 Å². The Bertz CT molecular complexity index is 784. The first-order chi connectivity index (χ1) is 9.77. The van der Waals surface area contributed by atoms with Crippen molar-refractivity contribution in [1.29, 1.82) is 0 Å². The number of sulfonamides is 1. The number of methoxy groups -OCH3 is 1. The molecule has 0 aliphatic carbocycles. The second kappa shape index (κ2) is 5.36. The van der Waals surface area contributed by atoms with Crippen LogP contribution in [0.2, 0.25) is 0 Å². The van der Waals surface area contributed by atoms with E-state index in [0.717, 1.165) is 0 Å². The van der Waals surface area contributed by atoms with Crippen LogP contribution in [-0.2, 0) is 17.1 Å². The molecule has 0 unspecified atom stereocenters. The van der Waals surface area contributed by atoms with E-state index in [4.69, 9.17) is 4.74 Å². The molecule has 114 valence electrons. The van der Waals surface area contributed by atoms with E-state index >= 15 is 0 Å². The van der Waals surface area contributed by atoms with Crippen molar-refractivity contribution in [3.63, 3.8) is 0 Å². The molecule has 8 heteroatoms. The number of nitrogens with zero attached hydrogens (tertiary/aromatic N) is 2. The molecule has 1 aromatic heterocycles. The highest BCUT2D eigenvalue weighted by Gasteiger charge is 2.22. The molecule has 1 aromatic carbocycles. The molecule has 0 radical (unpaired) electrons. The predicted octanol–water partition coefficient (Wildman–Crippen LogP) is 1.99. The number of rotatable bonds is 4. The third-order valence-corrected chi connectivity index (χ3v) is 4.80. The maximum Gasteiger partial charge on any atom is 0.262 e. The van der Waals surface area contributed by atoms with Crippen LogP contribution in [0.15, 0.2) is 23.2 Å². The first kappa shape index (κ1) is 15.3. The molecule has 0 atom stereocenters. The molecule has 0 fully saturated rings. The third-order valence-electron chi connectivity index (χ3n) is 3.29. The van der Waals surface area contributed by atoms with E-state index in [2.05, 4.69) is 9.82 Å². The number of nitrogens with one attached hydrogen (secondary N) is 1. The summed E-state index contributed by atoms with van der Waals surface area (Å²) in [5.41, 5.74) is 1.02. The molecule has 0 saturated carbocycles. The number of ether oxygens (including phenoxy) is 1. The fraction of sp³-hybridized carbons (Fsp3) is 0.308. The van der Waals surface area contributed by atoms with Crippen molar-refractivity contribution in [2.75, 3.05) is 11.8 Å². The Morgan fingerprint density at radius 1 is 1.33 bits per heavy atom. The lowest BCUT2D eigenvalue weighted by atomic mass is 10.2. The molecule has 0 amide bonds. The molecule has 0 aliphatic heterocycles. The van der Waals surface area contributed by atoms with Gasteiger partial charge in [-0.2, -0.15) is 5.10 Å². The van der Waals surface area contributed by atoms with Gasteiger partial charge in [0.2, 0.25) is 0 Å². The van der Waals surface area contributed by atoms with Gasteiger partial charge >= 0.3 is 0 Å². The second-order valence-electron chi connectivity index (χ2n) is 4.58. The standard InChI is InChI=1S/C13H16FN3O3S/c1-8-12(6-5-11(20-4)13(8)14)21(18,19)16-10-7-15-17(3)9(10)2/h5-7,16H,1-4H3. The van der Waals surface area contributed by atoms with Gasteiger partial charge in [-0.15, -0.1) is 0 Å². The number of benzene rings is 1. The van der Waals surface area contributed by atoms with Crippen molar-refractivity contribution in [3.05, 3.63) is 35.4 Å². The highest BCUT2D eigenvalue weighted by Crippen LogP contribution is 2.27. The zero-order valence-corrected chi connectivity index (χ0v) is 13.0. The van der Waals surface area contributed by atoms with Crippen LogP contribution in [0.5, 0.6) is 5.75 Å². The molecule has 2 rings (SSSR count). The monoisotopic (exact) mass is 313 g/mol. The molecule has 0 saturated heterocycles. The van der Waals surface area contributed by atoms with Gasteiger partial charge in [-0.3, -0.25) is 9.40 Å². The summed E-state index contributed by atoms with van der Waals surface area (Å²) in [6.45, 7) is 3.12. The summed E-state index contributed by atoms with van der Waals surface area (Å²) in [6, 6.07) is 2.60. The van der Waals surface area contributed by atoms with E-state index in [0.29, 0.717) is 11.4 Å². The van der Waals surface area contributed by atoms with Gasteiger partial charge in [0.05, 0.1) is 29.6 Å². The van der Waals surface area contributed by atoms with Gasteiger partial charge in [0.1, 0.15) is 0 Å².